The number of halogens is 1. The molecule has 0 radical (unpaired) electrons. The highest BCUT2D eigenvalue weighted by Gasteiger charge is 2.21. The average Bonchev–Trinajstić information content (AvgIpc) is 2.95. The van der Waals surface area contributed by atoms with Crippen LogP contribution in [0, 0.1) is 5.82 Å². The summed E-state index contributed by atoms with van der Waals surface area (Å²) in [5, 5.41) is 5.64. The van der Waals surface area contributed by atoms with Crippen molar-refractivity contribution in [1.82, 2.24) is 10.6 Å². The number of benzene rings is 1. The van der Waals surface area contributed by atoms with Crippen molar-refractivity contribution in [2.24, 2.45) is 0 Å². The topological polar surface area (TPSA) is 63.5 Å². The summed E-state index contributed by atoms with van der Waals surface area (Å²) in [5.41, 5.74) is 0.798. The SMILES string of the molecule is O=C(NCc1ccco1)NC1CCCOc2cc(F)ccc21. The van der Waals surface area contributed by atoms with Gasteiger partial charge in [0.05, 0.1) is 25.5 Å². The minimum absolute atomic E-state index is 0.199. The largest absolute Gasteiger partial charge is 0.493 e. The third-order valence-electron chi connectivity index (χ3n) is 3.55. The summed E-state index contributed by atoms with van der Waals surface area (Å²) in [7, 11) is 0. The van der Waals surface area contributed by atoms with Gasteiger partial charge in [-0.15, -0.1) is 0 Å². The first kappa shape index (κ1) is 14.4. The molecule has 2 heterocycles. The quantitative estimate of drug-likeness (QED) is 0.915. The van der Waals surface area contributed by atoms with Crippen LogP contribution in [-0.4, -0.2) is 12.6 Å². The van der Waals surface area contributed by atoms with Crippen LogP contribution >= 0.6 is 0 Å². The molecule has 1 atom stereocenters. The molecule has 22 heavy (non-hydrogen) atoms. The molecule has 0 aliphatic carbocycles. The van der Waals surface area contributed by atoms with Crippen molar-refractivity contribution in [3.63, 3.8) is 0 Å². The molecule has 1 unspecified atom stereocenters. The van der Waals surface area contributed by atoms with E-state index in [1.807, 2.05) is 0 Å². The van der Waals surface area contributed by atoms with E-state index < -0.39 is 0 Å². The Hall–Kier alpha value is -2.50. The van der Waals surface area contributed by atoms with Gasteiger partial charge in [0.2, 0.25) is 0 Å². The Kier molecular flexibility index (Phi) is 4.27. The number of carbonyl (C=O) groups excluding carboxylic acids is 1. The fraction of sp³-hybridized carbons (Fsp3) is 0.312. The third kappa shape index (κ3) is 3.39. The molecule has 1 aromatic heterocycles. The Morgan fingerprint density at radius 1 is 1.36 bits per heavy atom. The summed E-state index contributed by atoms with van der Waals surface area (Å²) < 4.78 is 24.0. The smallest absolute Gasteiger partial charge is 0.315 e. The number of nitrogens with one attached hydrogen (secondary N) is 2. The van der Waals surface area contributed by atoms with E-state index in [1.165, 1.54) is 12.1 Å². The summed E-state index contributed by atoms with van der Waals surface area (Å²) in [6.07, 6.45) is 3.09. The lowest BCUT2D eigenvalue weighted by Gasteiger charge is -2.18. The average molecular weight is 304 g/mol. The molecular weight excluding hydrogens is 287 g/mol. The van der Waals surface area contributed by atoms with Crippen molar-refractivity contribution in [2.45, 2.75) is 25.4 Å². The number of carbonyl (C=O) groups is 1. The van der Waals surface area contributed by atoms with Crippen molar-refractivity contribution < 1.29 is 18.3 Å². The molecule has 1 aliphatic rings. The molecule has 0 spiro atoms. The Labute approximate surface area is 127 Å². The maximum atomic E-state index is 13.3. The zero-order valence-corrected chi connectivity index (χ0v) is 12.0. The number of ether oxygens (including phenoxy) is 1. The summed E-state index contributed by atoms with van der Waals surface area (Å²) >= 11 is 0. The molecule has 2 N–H and O–H groups in total. The predicted octanol–water partition coefficient (Wildman–Crippen LogP) is 3.13. The van der Waals surface area contributed by atoms with Crippen molar-refractivity contribution in [2.75, 3.05) is 6.61 Å². The Balaban J connectivity index is 1.65. The van der Waals surface area contributed by atoms with Crippen LogP contribution in [-0.2, 0) is 6.54 Å². The molecule has 0 fully saturated rings. The Bertz CT molecular complexity index is 643. The van der Waals surface area contributed by atoms with Crippen molar-refractivity contribution >= 4 is 6.03 Å². The van der Waals surface area contributed by atoms with Gasteiger partial charge in [-0.25, -0.2) is 9.18 Å². The van der Waals surface area contributed by atoms with Gasteiger partial charge in [-0.1, -0.05) is 6.07 Å². The van der Waals surface area contributed by atoms with Gasteiger partial charge in [-0.2, -0.15) is 0 Å². The summed E-state index contributed by atoms with van der Waals surface area (Å²) in [6.45, 7) is 0.834. The lowest BCUT2D eigenvalue weighted by molar-refractivity contribution is 0.235. The van der Waals surface area contributed by atoms with E-state index in [9.17, 15) is 9.18 Å². The van der Waals surface area contributed by atoms with E-state index in [1.54, 1.807) is 24.5 Å². The number of urea groups is 1. The van der Waals surface area contributed by atoms with Crippen LogP contribution in [0.2, 0.25) is 0 Å². The molecule has 1 aromatic carbocycles. The second kappa shape index (κ2) is 6.51. The Morgan fingerprint density at radius 2 is 2.27 bits per heavy atom. The molecule has 116 valence electrons. The number of rotatable bonds is 3. The van der Waals surface area contributed by atoms with Gasteiger partial charge < -0.3 is 19.8 Å². The molecule has 2 amide bonds. The third-order valence-corrected chi connectivity index (χ3v) is 3.55. The van der Waals surface area contributed by atoms with E-state index in [0.29, 0.717) is 24.7 Å². The number of hydrogen-bond acceptors (Lipinski definition) is 3. The minimum Gasteiger partial charge on any atom is -0.493 e. The first-order chi connectivity index (χ1) is 10.7. The molecule has 0 bridgehead atoms. The number of furan rings is 1. The molecule has 2 aromatic rings. The number of amides is 2. The van der Waals surface area contributed by atoms with Crippen LogP contribution in [0.5, 0.6) is 5.75 Å². The first-order valence-electron chi connectivity index (χ1n) is 7.21. The molecule has 3 rings (SSSR count). The zero-order chi connectivity index (χ0) is 15.4. The molecule has 1 aliphatic heterocycles. The van der Waals surface area contributed by atoms with Gasteiger partial charge in [-0.3, -0.25) is 0 Å². The van der Waals surface area contributed by atoms with Gasteiger partial charge in [0.1, 0.15) is 17.3 Å². The van der Waals surface area contributed by atoms with E-state index >= 15 is 0 Å². The molecular formula is C16H17FN2O3. The van der Waals surface area contributed by atoms with Gasteiger partial charge >= 0.3 is 6.03 Å². The van der Waals surface area contributed by atoms with Gasteiger partial charge in [0.25, 0.3) is 0 Å². The molecule has 0 saturated carbocycles. The van der Waals surface area contributed by atoms with Crippen molar-refractivity contribution in [3.8, 4) is 5.75 Å². The highest BCUT2D eigenvalue weighted by Crippen LogP contribution is 2.31. The number of fused-ring (bicyclic) bond motifs is 1. The highest BCUT2D eigenvalue weighted by molar-refractivity contribution is 5.74. The molecule has 5 nitrogen and oxygen atoms in total. The van der Waals surface area contributed by atoms with Crippen LogP contribution in [0.4, 0.5) is 9.18 Å². The first-order valence-corrected chi connectivity index (χ1v) is 7.21. The summed E-state index contributed by atoms with van der Waals surface area (Å²) in [6, 6.07) is 7.46. The van der Waals surface area contributed by atoms with E-state index in [4.69, 9.17) is 9.15 Å². The predicted molar refractivity (Wildman–Crippen MR) is 77.9 cm³/mol. The Morgan fingerprint density at radius 3 is 3.09 bits per heavy atom. The van der Waals surface area contributed by atoms with E-state index in [0.717, 1.165) is 18.4 Å². The minimum atomic E-state index is -0.346. The van der Waals surface area contributed by atoms with Crippen LogP contribution in [0.15, 0.2) is 41.0 Å². The highest BCUT2D eigenvalue weighted by atomic mass is 19.1. The zero-order valence-electron chi connectivity index (χ0n) is 12.0. The normalized spacial score (nSPS) is 17.0. The summed E-state index contributed by atoms with van der Waals surface area (Å²) in [4.78, 5) is 12.0. The summed E-state index contributed by atoms with van der Waals surface area (Å²) in [5.74, 6) is 0.831. The maximum Gasteiger partial charge on any atom is 0.315 e. The fourth-order valence-electron chi connectivity index (χ4n) is 2.49. The van der Waals surface area contributed by atoms with E-state index in [2.05, 4.69) is 10.6 Å². The van der Waals surface area contributed by atoms with Crippen molar-refractivity contribution in [1.29, 1.82) is 0 Å². The van der Waals surface area contributed by atoms with Crippen LogP contribution in [0.1, 0.15) is 30.2 Å². The van der Waals surface area contributed by atoms with E-state index in [-0.39, 0.29) is 17.9 Å². The van der Waals surface area contributed by atoms with Crippen LogP contribution in [0.3, 0.4) is 0 Å². The van der Waals surface area contributed by atoms with Gasteiger partial charge in [0, 0.05) is 11.6 Å². The monoisotopic (exact) mass is 304 g/mol. The van der Waals surface area contributed by atoms with Crippen LogP contribution < -0.4 is 15.4 Å². The second-order valence-corrected chi connectivity index (χ2v) is 5.13. The van der Waals surface area contributed by atoms with Crippen molar-refractivity contribution in [3.05, 3.63) is 53.7 Å². The maximum absolute atomic E-state index is 13.3. The lowest BCUT2D eigenvalue weighted by atomic mass is 10.0. The second-order valence-electron chi connectivity index (χ2n) is 5.13. The molecule has 6 heteroatoms. The lowest BCUT2D eigenvalue weighted by Crippen LogP contribution is -2.37. The van der Waals surface area contributed by atoms with Gasteiger partial charge in [-0.05, 0) is 31.0 Å². The fourth-order valence-corrected chi connectivity index (χ4v) is 2.49. The van der Waals surface area contributed by atoms with Gasteiger partial charge in [0.15, 0.2) is 0 Å². The molecule has 0 saturated heterocycles. The van der Waals surface area contributed by atoms with Crippen LogP contribution in [0.25, 0.3) is 0 Å². The number of hydrogen-bond donors (Lipinski definition) is 2. The standard InChI is InChI=1S/C16H17FN2O3/c17-11-5-6-13-14(4-2-8-22-15(13)9-11)19-16(20)18-10-12-3-1-7-21-12/h1,3,5-7,9,14H,2,4,8,10H2,(H2,18,19,20).